The van der Waals surface area contributed by atoms with Gasteiger partial charge in [-0.05, 0) is 39.3 Å². The average molecular weight is 369 g/mol. The van der Waals surface area contributed by atoms with Gasteiger partial charge in [0.2, 0.25) is 15.9 Å². The predicted molar refractivity (Wildman–Crippen MR) is 97.8 cm³/mol. The molecule has 0 saturated carbocycles. The Bertz CT molecular complexity index is 704. The molecule has 2 N–H and O–H groups in total. The molecule has 0 bridgehead atoms. The summed E-state index contributed by atoms with van der Waals surface area (Å²) in [6.07, 6.45) is 0.500. The van der Waals surface area contributed by atoms with Gasteiger partial charge in [-0.25, -0.2) is 12.7 Å². The largest absolute Gasteiger partial charge is 0.354 e. The lowest BCUT2D eigenvalue weighted by Gasteiger charge is -2.17. The number of carbonyl (C=O) groups excluding carboxylic acids is 2. The molecule has 0 spiro atoms. The number of hydrogen-bond acceptors (Lipinski definition) is 4. The van der Waals surface area contributed by atoms with Crippen molar-refractivity contribution in [2.75, 3.05) is 25.9 Å². The minimum atomic E-state index is -3.20. The van der Waals surface area contributed by atoms with Gasteiger partial charge in [0.1, 0.15) is 6.04 Å². The Balaban J connectivity index is 2.38. The quantitative estimate of drug-likeness (QED) is 0.632. The number of nitrogens with one attached hydrogen (secondary N) is 2. The normalized spacial score (nSPS) is 12.7. The first-order chi connectivity index (χ1) is 11.7. The monoisotopic (exact) mass is 369 g/mol. The average Bonchev–Trinajstić information content (AvgIpc) is 2.57. The van der Waals surface area contributed by atoms with Gasteiger partial charge in [-0.15, -0.1) is 0 Å². The summed E-state index contributed by atoms with van der Waals surface area (Å²) < 4.78 is 24.5. The molecule has 1 rings (SSSR count). The third kappa shape index (κ3) is 6.83. The van der Waals surface area contributed by atoms with E-state index in [2.05, 4.69) is 10.6 Å². The van der Waals surface area contributed by atoms with E-state index in [0.29, 0.717) is 25.1 Å². The Morgan fingerprint density at radius 3 is 2.56 bits per heavy atom. The number of amides is 2. The zero-order chi connectivity index (χ0) is 19.0. The molecule has 8 heteroatoms. The number of rotatable bonds is 9. The summed E-state index contributed by atoms with van der Waals surface area (Å²) in [5, 5.41) is 5.35. The molecule has 25 heavy (non-hydrogen) atoms. The van der Waals surface area contributed by atoms with Crippen LogP contribution in [0.2, 0.25) is 0 Å². The van der Waals surface area contributed by atoms with Crippen LogP contribution in [-0.2, 0) is 14.8 Å². The molecule has 0 aliphatic rings. The molecule has 0 heterocycles. The Kier molecular flexibility index (Phi) is 8.05. The molecule has 2 amide bonds. The molecule has 1 atom stereocenters. The maximum atomic E-state index is 12.1. The Hall–Kier alpha value is -1.93. The zero-order valence-electron chi connectivity index (χ0n) is 15.2. The van der Waals surface area contributed by atoms with Crippen molar-refractivity contribution >= 4 is 21.8 Å². The van der Waals surface area contributed by atoms with Crippen LogP contribution < -0.4 is 10.6 Å². The first-order valence-electron chi connectivity index (χ1n) is 8.26. The topological polar surface area (TPSA) is 95.6 Å². The van der Waals surface area contributed by atoms with Crippen molar-refractivity contribution in [3.63, 3.8) is 0 Å². The number of hydrogen-bond donors (Lipinski definition) is 2. The van der Waals surface area contributed by atoms with Crippen LogP contribution in [0.15, 0.2) is 24.3 Å². The van der Waals surface area contributed by atoms with Crippen LogP contribution in [-0.4, -0.2) is 56.5 Å². The molecule has 0 radical (unpaired) electrons. The fraction of sp³-hybridized carbons (Fsp3) is 0.529. The molecular formula is C17H27N3O4S. The summed E-state index contributed by atoms with van der Waals surface area (Å²) in [6, 6.07) is 6.45. The van der Waals surface area contributed by atoms with Gasteiger partial charge < -0.3 is 10.6 Å². The summed E-state index contributed by atoms with van der Waals surface area (Å²) in [5.41, 5.74) is 1.47. The second kappa shape index (κ2) is 9.53. The minimum Gasteiger partial charge on any atom is -0.354 e. The summed E-state index contributed by atoms with van der Waals surface area (Å²) in [6.45, 7) is 5.76. The zero-order valence-corrected chi connectivity index (χ0v) is 16.0. The number of sulfonamides is 1. The Morgan fingerprint density at radius 1 is 1.28 bits per heavy atom. The third-order valence-corrected chi connectivity index (χ3v) is 5.67. The molecule has 140 valence electrons. The molecule has 0 aromatic heterocycles. The summed E-state index contributed by atoms with van der Waals surface area (Å²) in [4.78, 5) is 24.1. The van der Waals surface area contributed by atoms with Gasteiger partial charge in [-0.2, -0.15) is 0 Å². The van der Waals surface area contributed by atoms with E-state index in [1.165, 1.54) is 11.4 Å². The van der Waals surface area contributed by atoms with E-state index in [9.17, 15) is 18.0 Å². The van der Waals surface area contributed by atoms with E-state index >= 15 is 0 Å². The summed E-state index contributed by atoms with van der Waals surface area (Å²) in [7, 11) is -1.68. The smallest absolute Gasteiger partial charge is 0.251 e. The Labute approximate surface area is 149 Å². The van der Waals surface area contributed by atoms with E-state index in [4.69, 9.17) is 0 Å². The maximum Gasteiger partial charge on any atom is 0.251 e. The van der Waals surface area contributed by atoms with Gasteiger partial charge in [-0.1, -0.05) is 17.7 Å². The lowest BCUT2D eigenvalue weighted by molar-refractivity contribution is -0.122. The van der Waals surface area contributed by atoms with Crippen molar-refractivity contribution in [1.82, 2.24) is 14.9 Å². The van der Waals surface area contributed by atoms with E-state index in [-0.39, 0.29) is 17.6 Å². The summed E-state index contributed by atoms with van der Waals surface area (Å²) in [5.74, 6) is -0.556. The van der Waals surface area contributed by atoms with Gasteiger partial charge in [-0.3, -0.25) is 9.59 Å². The molecular weight excluding hydrogens is 342 g/mol. The first-order valence-corrected chi connectivity index (χ1v) is 9.87. The molecule has 1 aromatic carbocycles. The molecule has 1 unspecified atom stereocenters. The van der Waals surface area contributed by atoms with E-state index in [1.54, 1.807) is 32.0 Å². The molecule has 0 saturated heterocycles. The van der Waals surface area contributed by atoms with Gasteiger partial charge in [0.25, 0.3) is 5.91 Å². The predicted octanol–water partition coefficient (Wildman–Crippen LogP) is 0.901. The van der Waals surface area contributed by atoms with Crippen molar-refractivity contribution in [3.05, 3.63) is 35.4 Å². The van der Waals surface area contributed by atoms with Crippen molar-refractivity contribution in [2.24, 2.45) is 0 Å². The molecule has 0 fully saturated rings. The Morgan fingerprint density at radius 2 is 1.96 bits per heavy atom. The van der Waals surface area contributed by atoms with Gasteiger partial charge in [0, 0.05) is 25.7 Å². The molecule has 0 aliphatic heterocycles. The van der Waals surface area contributed by atoms with Crippen molar-refractivity contribution in [1.29, 1.82) is 0 Å². The molecule has 0 aliphatic carbocycles. The molecule has 1 aromatic rings. The number of carbonyl (C=O) groups is 2. The third-order valence-electron chi connectivity index (χ3n) is 3.81. The minimum absolute atomic E-state index is 0.0535. The standard InChI is InChI=1S/C17H27N3O4S/c1-5-25(23,24)20(4)11-7-10-18-16(21)14(3)19-17(22)15-9-6-8-13(2)12-15/h6,8-9,12,14H,5,7,10-11H2,1-4H3,(H,18,21)(H,19,22). The SMILES string of the molecule is CCS(=O)(=O)N(C)CCCNC(=O)C(C)NC(=O)c1cccc(C)c1. The van der Waals surface area contributed by atoms with Crippen LogP contribution in [0.5, 0.6) is 0 Å². The summed E-state index contributed by atoms with van der Waals surface area (Å²) >= 11 is 0. The van der Waals surface area contributed by atoms with Crippen molar-refractivity contribution < 1.29 is 18.0 Å². The highest BCUT2D eigenvalue weighted by Gasteiger charge is 2.17. The number of aryl methyl sites for hydroxylation is 1. The van der Waals surface area contributed by atoms with Crippen LogP contribution in [0.3, 0.4) is 0 Å². The lowest BCUT2D eigenvalue weighted by atomic mass is 10.1. The number of benzene rings is 1. The van der Waals surface area contributed by atoms with Crippen LogP contribution in [0, 0.1) is 6.92 Å². The second-order valence-corrected chi connectivity index (χ2v) is 8.30. The van der Waals surface area contributed by atoms with E-state index in [0.717, 1.165) is 5.56 Å². The fourth-order valence-corrected chi connectivity index (χ4v) is 3.01. The van der Waals surface area contributed by atoms with Crippen LogP contribution >= 0.6 is 0 Å². The van der Waals surface area contributed by atoms with Crippen molar-refractivity contribution in [2.45, 2.75) is 33.2 Å². The van der Waals surface area contributed by atoms with E-state index in [1.807, 2.05) is 13.0 Å². The highest BCUT2D eigenvalue weighted by atomic mass is 32.2. The highest BCUT2D eigenvalue weighted by Crippen LogP contribution is 2.04. The van der Waals surface area contributed by atoms with Gasteiger partial charge >= 0.3 is 0 Å². The van der Waals surface area contributed by atoms with Gasteiger partial charge in [0.05, 0.1) is 5.75 Å². The second-order valence-electron chi connectivity index (χ2n) is 5.93. The van der Waals surface area contributed by atoms with Gasteiger partial charge in [0.15, 0.2) is 0 Å². The van der Waals surface area contributed by atoms with Crippen molar-refractivity contribution in [3.8, 4) is 0 Å². The maximum absolute atomic E-state index is 12.1. The van der Waals surface area contributed by atoms with Crippen LogP contribution in [0.25, 0.3) is 0 Å². The number of nitrogens with zero attached hydrogens (tertiary/aromatic N) is 1. The van der Waals surface area contributed by atoms with Crippen LogP contribution in [0.1, 0.15) is 36.2 Å². The fourth-order valence-electron chi connectivity index (χ4n) is 2.16. The highest BCUT2D eigenvalue weighted by molar-refractivity contribution is 7.89. The van der Waals surface area contributed by atoms with Crippen LogP contribution in [0.4, 0.5) is 0 Å². The first kappa shape index (κ1) is 21.1. The van der Waals surface area contributed by atoms with E-state index < -0.39 is 16.1 Å². The molecule has 7 nitrogen and oxygen atoms in total. The lowest BCUT2D eigenvalue weighted by Crippen LogP contribution is -2.45.